The normalized spacial score (nSPS) is 14.5. The molecular weight excluding hydrogens is 864 g/mol. The summed E-state index contributed by atoms with van der Waals surface area (Å²) in [5.74, 6) is 0. The molecular formula is C60H117O7P. The van der Waals surface area contributed by atoms with Crippen LogP contribution in [0.3, 0.4) is 0 Å². The molecule has 0 amide bonds. The fourth-order valence-electron chi connectivity index (χ4n) is 8.71. The summed E-state index contributed by atoms with van der Waals surface area (Å²) >= 11 is 0. The topological polar surface area (TPSA) is 72.5 Å². The number of unbranched alkanes of at least 4 members (excludes halogenated alkanes) is 33. The second-order valence-corrected chi connectivity index (χ2v) is 21.1. The Morgan fingerprint density at radius 2 is 0.471 bits per heavy atom. The first-order valence-electron chi connectivity index (χ1n) is 29.9. The van der Waals surface area contributed by atoms with Crippen LogP contribution in [0.25, 0.3) is 0 Å². The Morgan fingerprint density at radius 1 is 0.279 bits per heavy atom. The zero-order chi connectivity index (χ0) is 49.5. The van der Waals surface area contributed by atoms with Gasteiger partial charge in [-0.2, -0.15) is 0 Å². The summed E-state index contributed by atoms with van der Waals surface area (Å²) in [6.45, 7) is 14.0. The van der Waals surface area contributed by atoms with Crippen LogP contribution in [0.5, 0.6) is 0 Å². The van der Waals surface area contributed by atoms with E-state index in [1.807, 2.05) is 20.8 Å². The van der Waals surface area contributed by atoms with E-state index in [0.29, 0.717) is 39.1 Å². The van der Waals surface area contributed by atoms with Gasteiger partial charge in [-0.25, -0.2) is 4.57 Å². The van der Waals surface area contributed by atoms with Crippen LogP contribution < -0.4 is 0 Å². The number of phosphoric acid groups is 1. The van der Waals surface area contributed by atoms with Crippen molar-refractivity contribution in [2.75, 3.05) is 19.8 Å². The summed E-state index contributed by atoms with van der Waals surface area (Å²) < 4.78 is 52.0. The van der Waals surface area contributed by atoms with E-state index >= 15 is 0 Å². The van der Waals surface area contributed by atoms with Gasteiger partial charge in [0.15, 0.2) is 18.9 Å². The van der Waals surface area contributed by atoms with Crippen LogP contribution in [0, 0.1) is 0 Å². The molecule has 0 aromatic carbocycles. The minimum atomic E-state index is -4.14. The lowest BCUT2D eigenvalue weighted by Crippen LogP contribution is -2.25. The van der Waals surface area contributed by atoms with E-state index < -0.39 is 26.7 Å². The van der Waals surface area contributed by atoms with Gasteiger partial charge in [0.2, 0.25) is 0 Å². The first-order chi connectivity index (χ1) is 33.5. The maximum absolute atomic E-state index is 14.8. The highest BCUT2D eigenvalue weighted by Crippen LogP contribution is 2.54. The predicted octanol–water partition coefficient (Wildman–Crippen LogP) is 21.3. The Bertz CT molecular complexity index is 978. The van der Waals surface area contributed by atoms with Crippen molar-refractivity contribution in [3.8, 4) is 0 Å². The SMILES string of the molecule is CCCCCCCC/C=C\CCCCCCCC(OCC)OP(=O)(OC(CCCCCCC/C=C\CCCCCCCC)OCC)OC(CCCCCCC/C=C\CCCCCCCC)OCC. The lowest BCUT2D eigenvalue weighted by atomic mass is 10.1. The third-order valence-electron chi connectivity index (χ3n) is 12.9. The van der Waals surface area contributed by atoms with Gasteiger partial charge in [0.25, 0.3) is 0 Å². The first kappa shape index (κ1) is 67.2. The molecule has 0 rings (SSSR count). The highest BCUT2D eigenvalue weighted by Gasteiger charge is 2.38. The number of hydrogen-bond donors (Lipinski definition) is 0. The summed E-state index contributed by atoms with van der Waals surface area (Å²) in [7, 11) is -4.14. The fourth-order valence-corrected chi connectivity index (χ4v) is 10.2. The van der Waals surface area contributed by atoms with E-state index in [1.54, 1.807) is 0 Å². The lowest BCUT2D eigenvalue weighted by molar-refractivity contribution is -0.161. The molecule has 0 saturated carbocycles. The fraction of sp³-hybridized carbons (Fsp3) is 0.900. The largest absolute Gasteiger partial charge is 0.481 e. The van der Waals surface area contributed by atoms with Gasteiger partial charge in [-0.3, -0.25) is 13.6 Å². The van der Waals surface area contributed by atoms with E-state index in [-0.39, 0.29) is 0 Å². The van der Waals surface area contributed by atoms with E-state index in [2.05, 4.69) is 57.2 Å². The van der Waals surface area contributed by atoms with Crippen molar-refractivity contribution in [3.05, 3.63) is 36.5 Å². The van der Waals surface area contributed by atoms with Gasteiger partial charge in [-0.1, -0.05) is 211 Å². The molecule has 0 spiro atoms. The average Bonchev–Trinajstić information content (AvgIpc) is 3.32. The summed E-state index contributed by atoms with van der Waals surface area (Å²) in [5.41, 5.74) is 0. The molecule has 404 valence electrons. The molecule has 0 aromatic heterocycles. The van der Waals surface area contributed by atoms with E-state index in [0.717, 1.165) is 57.8 Å². The minimum Gasteiger partial charge on any atom is -0.352 e. The van der Waals surface area contributed by atoms with Gasteiger partial charge in [0, 0.05) is 19.8 Å². The Hall–Kier alpha value is -0.790. The minimum absolute atomic E-state index is 0.448. The summed E-state index contributed by atoms with van der Waals surface area (Å²) in [5, 5.41) is 0. The van der Waals surface area contributed by atoms with Gasteiger partial charge in [-0.15, -0.1) is 0 Å². The monoisotopic (exact) mass is 981 g/mol. The molecule has 3 atom stereocenters. The van der Waals surface area contributed by atoms with Crippen LogP contribution in [-0.2, 0) is 32.3 Å². The molecule has 0 aliphatic heterocycles. The standard InChI is InChI=1S/C60H117O7P/c1-7-13-16-19-22-25-28-31-34-37-40-43-46-49-52-55-58(62-10-4)65-68(61,66-59(63-11-5)56-53-50-47-44-41-38-35-32-29-26-23-20-17-14-8-2)67-60(64-12-6)57-54-51-48-45-42-39-36-33-30-27-24-21-18-15-9-3/h31-36,58-60H,7-30,37-57H2,1-6H3/b34-31-,35-32-,36-33-. The van der Waals surface area contributed by atoms with Gasteiger partial charge in [0.05, 0.1) is 0 Å². The second-order valence-electron chi connectivity index (χ2n) is 19.5. The number of rotatable bonds is 57. The molecule has 68 heavy (non-hydrogen) atoms. The molecule has 0 saturated heterocycles. The van der Waals surface area contributed by atoms with Gasteiger partial charge in [0.1, 0.15) is 0 Å². The molecule has 0 aliphatic rings. The molecule has 8 heteroatoms. The summed E-state index contributed by atoms with van der Waals surface area (Å²) in [4.78, 5) is 0. The van der Waals surface area contributed by atoms with Gasteiger partial charge < -0.3 is 14.2 Å². The van der Waals surface area contributed by atoms with Crippen molar-refractivity contribution in [2.24, 2.45) is 0 Å². The highest BCUT2D eigenvalue weighted by atomic mass is 31.2. The van der Waals surface area contributed by atoms with Crippen LogP contribution in [0.15, 0.2) is 36.5 Å². The molecule has 0 N–H and O–H groups in total. The van der Waals surface area contributed by atoms with Crippen molar-refractivity contribution >= 4 is 7.82 Å². The molecule has 0 bridgehead atoms. The number of ether oxygens (including phenoxy) is 3. The Labute approximate surface area is 424 Å². The smallest absolute Gasteiger partial charge is 0.352 e. The molecule has 0 aliphatic carbocycles. The van der Waals surface area contributed by atoms with Crippen LogP contribution in [0.4, 0.5) is 0 Å². The first-order valence-corrected chi connectivity index (χ1v) is 31.4. The Kier molecular flexibility index (Phi) is 54.9. The third-order valence-corrected chi connectivity index (χ3v) is 14.4. The predicted molar refractivity (Wildman–Crippen MR) is 295 cm³/mol. The number of phosphoric ester groups is 1. The van der Waals surface area contributed by atoms with Crippen molar-refractivity contribution in [3.63, 3.8) is 0 Å². The van der Waals surface area contributed by atoms with Crippen molar-refractivity contribution in [2.45, 2.75) is 330 Å². The Morgan fingerprint density at radius 3 is 0.676 bits per heavy atom. The van der Waals surface area contributed by atoms with Gasteiger partial charge in [-0.05, 0) is 136 Å². The van der Waals surface area contributed by atoms with Crippen LogP contribution >= 0.6 is 7.82 Å². The summed E-state index contributed by atoms with van der Waals surface area (Å²) in [6.07, 6.45) is 62.4. The molecule has 0 fully saturated rings. The molecule has 0 radical (unpaired) electrons. The van der Waals surface area contributed by atoms with Crippen molar-refractivity contribution < 1.29 is 32.3 Å². The average molecular weight is 982 g/mol. The van der Waals surface area contributed by atoms with Gasteiger partial charge >= 0.3 is 7.82 Å². The number of hydrogen-bond acceptors (Lipinski definition) is 7. The Balaban J connectivity index is 5.17. The highest BCUT2D eigenvalue weighted by molar-refractivity contribution is 7.48. The van der Waals surface area contributed by atoms with Crippen LogP contribution in [0.1, 0.15) is 311 Å². The molecule has 0 heterocycles. The van der Waals surface area contributed by atoms with Crippen molar-refractivity contribution in [1.29, 1.82) is 0 Å². The van der Waals surface area contributed by atoms with Crippen LogP contribution in [-0.4, -0.2) is 38.7 Å². The molecule has 3 unspecified atom stereocenters. The van der Waals surface area contributed by atoms with Crippen LogP contribution in [0.2, 0.25) is 0 Å². The van der Waals surface area contributed by atoms with E-state index in [1.165, 1.54) is 193 Å². The maximum Gasteiger partial charge on any atom is 0.481 e. The third kappa shape index (κ3) is 48.8. The van der Waals surface area contributed by atoms with E-state index in [9.17, 15) is 4.57 Å². The zero-order valence-electron chi connectivity index (χ0n) is 46.3. The maximum atomic E-state index is 14.8. The summed E-state index contributed by atoms with van der Waals surface area (Å²) in [6, 6.07) is 0. The molecule has 7 nitrogen and oxygen atoms in total. The zero-order valence-corrected chi connectivity index (χ0v) is 47.2. The quantitative estimate of drug-likeness (QED) is 0.0260. The second kappa shape index (κ2) is 55.5. The van der Waals surface area contributed by atoms with Crippen molar-refractivity contribution in [1.82, 2.24) is 0 Å². The lowest BCUT2D eigenvalue weighted by Gasteiger charge is -2.29. The number of allylic oxidation sites excluding steroid dienone is 6. The molecule has 0 aromatic rings. The van der Waals surface area contributed by atoms with E-state index in [4.69, 9.17) is 27.8 Å².